The fourth-order valence-electron chi connectivity index (χ4n) is 6.38. The molecule has 0 aromatic heterocycles. The van der Waals surface area contributed by atoms with Crippen LogP contribution in [0.15, 0.2) is 66.7 Å². The van der Waals surface area contributed by atoms with E-state index in [1.54, 1.807) is 24.1 Å². The highest BCUT2D eigenvalue weighted by Gasteiger charge is 2.39. The van der Waals surface area contributed by atoms with Crippen LogP contribution >= 0.6 is 0 Å². The Bertz CT molecular complexity index is 1570. The number of hydrogen-bond donors (Lipinski definition) is 2. The van der Waals surface area contributed by atoms with Crippen molar-refractivity contribution in [3.05, 3.63) is 95.1 Å². The zero-order valence-corrected chi connectivity index (χ0v) is 25.0. The first-order valence-electron chi connectivity index (χ1n) is 15.2. The summed E-state index contributed by atoms with van der Waals surface area (Å²) in [7, 11) is 1.71. The molecule has 3 aliphatic heterocycles. The molecule has 9 nitrogen and oxygen atoms in total. The van der Waals surface area contributed by atoms with Crippen LogP contribution in [0.2, 0.25) is 0 Å². The Labute approximate surface area is 260 Å². The van der Waals surface area contributed by atoms with Crippen LogP contribution in [0.4, 0.5) is 14.5 Å². The van der Waals surface area contributed by atoms with E-state index in [9.17, 15) is 23.2 Å². The standard InChI is InChI=1S/C34H36F2N4O5/c1-39-29-11-9-25(17-32(41)37-24-13-14-40(19-24)18-21-5-3-2-4-6-21)45-31(29)20-44-30-12-8-23(16-26(30)34(39)43)38-33(42)22-7-10-27(35)28(36)15-22/h2-8,10,12,15-16,24-25,29,31H,9,11,13-14,17-20H2,1H3,(H,37,41)(H,38,42)/t24-,25-,29+,31+/m1/s1. The molecule has 0 spiro atoms. The Balaban J connectivity index is 1.04. The number of hydrogen-bond acceptors (Lipinski definition) is 6. The summed E-state index contributed by atoms with van der Waals surface area (Å²) in [6.45, 7) is 2.80. The monoisotopic (exact) mass is 618 g/mol. The van der Waals surface area contributed by atoms with Crippen molar-refractivity contribution in [2.45, 2.75) is 56.5 Å². The Morgan fingerprint density at radius 2 is 1.80 bits per heavy atom. The van der Waals surface area contributed by atoms with Crippen molar-refractivity contribution in [3.63, 3.8) is 0 Å². The summed E-state index contributed by atoms with van der Waals surface area (Å²) in [5.41, 5.74) is 1.77. The molecular formula is C34H36F2N4O5. The second-order valence-corrected chi connectivity index (χ2v) is 11.9. The van der Waals surface area contributed by atoms with E-state index in [-0.39, 0.29) is 54.2 Å². The number of rotatable bonds is 7. The second kappa shape index (κ2) is 13.3. The molecule has 2 saturated heterocycles. The molecular weight excluding hydrogens is 582 g/mol. The molecule has 2 N–H and O–H groups in total. The van der Waals surface area contributed by atoms with Crippen molar-refractivity contribution in [2.24, 2.45) is 0 Å². The minimum absolute atomic E-state index is 0.0375. The van der Waals surface area contributed by atoms with Gasteiger partial charge in [0.05, 0.1) is 24.1 Å². The number of amides is 3. The van der Waals surface area contributed by atoms with Gasteiger partial charge < -0.3 is 25.0 Å². The van der Waals surface area contributed by atoms with Gasteiger partial charge in [0, 0.05) is 44.0 Å². The summed E-state index contributed by atoms with van der Waals surface area (Å²) in [4.78, 5) is 43.1. The van der Waals surface area contributed by atoms with Gasteiger partial charge in [-0.2, -0.15) is 0 Å². The number of fused-ring (bicyclic) bond motifs is 2. The summed E-state index contributed by atoms with van der Waals surface area (Å²) < 4.78 is 39.2. The van der Waals surface area contributed by atoms with E-state index < -0.39 is 23.6 Å². The lowest BCUT2D eigenvalue weighted by Gasteiger charge is -2.42. The van der Waals surface area contributed by atoms with Crippen LogP contribution in [-0.2, 0) is 16.1 Å². The summed E-state index contributed by atoms with van der Waals surface area (Å²) >= 11 is 0. The predicted octanol–water partition coefficient (Wildman–Crippen LogP) is 4.38. The fraction of sp³-hybridized carbons (Fsp3) is 0.382. The summed E-state index contributed by atoms with van der Waals surface area (Å²) in [5, 5.41) is 5.80. The first-order valence-corrected chi connectivity index (χ1v) is 15.2. The quantitative estimate of drug-likeness (QED) is 0.408. The highest BCUT2D eigenvalue weighted by molar-refractivity contribution is 6.05. The smallest absolute Gasteiger partial charge is 0.257 e. The minimum atomic E-state index is -1.13. The van der Waals surface area contributed by atoms with Gasteiger partial charge in [0.1, 0.15) is 18.5 Å². The SMILES string of the molecule is CN1C(=O)c2cc(NC(=O)c3ccc(F)c(F)c3)ccc2OC[C@@H]2O[C@@H](CC(=O)N[C@@H]3CCN(Cc4ccccc4)C3)CC[C@@H]21. The maximum atomic E-state index is 13.6. The lowest BCUT2D eigenvalue weighted by atomic mass is 9.94. The molecule has 4 atom stereocenters. The van der Waals surface area contributed by atoms with Gasteiger partial charge in [-0.3, -0.25) is 19.3 Å². The number of benzene rings is 3. The molecule has 3 aliphatic rings. The zero-order chi connectivity index (χ0) is 31.5. The van der Waals surface area contributed by atoms with Crippen LogP contribution in [0, 0.1) is 11.6 Å². The molecule has 0 aliphatic carbocycles. The second-order valence-electron chi connectivity index (χ2n) is 11.9. The van der Waals surface area contributed by atoms with E-state index in [0.717, 1.165) is 38.2 Å². The Hall–Kier alpha value is -4.35. The van der Waals surface area contributed by atoms with Crippen molar-refractivity contribution in [1.82, 2.24) is 15.1 Å². The maximum absolute atomic E-state index is 13.6. The molecule has 11 heteroatoms. The molecule has 0 saturated carbocycles. The van der Waals surface area contributed by atoms with Gasteiger partial charge >= 0.3 is 0 Å². The Kier molecular flexibility index (Phi) is 9.09. The number of anilines is 1. The predicted molar refractivity (Wildman–Crippen MR) is 163 cm³/mol. The Morgan fingerprint density at radius 3 is 2.60 bits per heavy atom. The van der Waals surface area contributed by atoms with Gasteiger partial charge in [-0.25, -0.2) is 8.78 Å². The number of nitrogens with one attached hydrogen (secondary N) is 2. The lowest BCUT2D eigenvalue weighted by molar-refractivity contribution is -0.134. The van der Waals surface area contributed by atoms with Crippen LogP contribution in [0.1, 0.15) is 52.0 Å². The maximum Gasteiger partial charge on any atom is 0.257 e. The zero-order valence-electron chi connectivity index (χ0n) is 25.0. The summed E-state index contributed by atoms with van der Waals surface area (Å²) in [6.07, 6.45) is 1.71. The van der Waals surface area contributed by atoms with Gasteiger partial charge in [-0.15, -0.1) is 0 Å². The number of likely N-dealkylation sites (tertiary alicyclic amines) is 1. The Morgan fingerprint density at radius 1 is 0.978 bits per heavy atom. The number of carbonyl (C=O) groups excluding carboxylic acids is 3. The number of nitrogens with zero attached hydrogens (tertiary/aromatic N) is 2. The third-order valence-electron chi connectivity index (χ3n) is 8.75. The molecule has 3 aromatic rings. The van der Waals surface area contributed by atoms with Gasteiger partial charge in [0.2, 0.25) is 5.91 Å². The molecule has 6 rings (SSSR count). The molecule has 2 fully saturated rings. The van der Waals surface area contributed by atoms with Crippen molar-refractivity contribution < 1.29 is 32.6 Å². The van der Waals surface area contributed by atoms with Crippen LogP contribution in [-0.4, -0.2) is 78.6 Å². The van der Waals surface area contributed by atoms with Crippen LogP contribution in [0.3, 0.4) is 0 Å². The normalized spacial score (nSPS) is 23.3. The third kappa shape index (κ3) is 7.15. The summed E-state index contributed by atoms with van der Waals surface area (Å²) in [6, 6.07) is 17.7. The highest BCUT2D eigenvalue weighted by atomic mass is 19.2. The van der Waals surface area contributed by atoms with E-state index in [1.807, 2.05) is 18.2 Å². The molecule has 45 heavy (non-hydrogen) atoms. The third-order valence-corrected chi connectivity index (χ3v) is 8.75. The van der Waals surface area contributed by atoms with Crippen molar-refractivity contribution >= 4 is 23.4 Å². The molecule has 3 amide bonds. The van der Waals surface area contributed by atoms with Gasteiger partial charge in [-0.1, -0.05) is 30.3 Å². The van der Waals surface area contributed by atoms with Crippen LogP contribution in [0.5, 0.6) is 5.75 Å². The molecule has 0 radical (unpaired) electrons. The molecule has 236 valence electrons. The van der Waals surface area contributed by atoms with E-state index in [4.69, 9.17) is 9.47 Å². The summed E-state index contributed by atoms with van der Waals surface area (Å²) in [5.74, 6) is -2.82. The van der Waals surface area contributed by atoms with Crippen LogP contribution < -0.4 is 15.4 Å². The van der Waals surface area contributed by atoms with E-state index in [0.29, 0.717) is 24.3 Å². The number of carbonyl (C=O) groups is 3. The topological polar surface area (TPSA) is 100 Å². The number of ether oxygens (including phenoxy) is 2. The highest BCUT2D eigenvalue weighted by Crippen LogP contribution is 2.33. The minimum Gasteiger partial charge on any atom is -0.490 e. The average molecular weight is 619 g/mol. The van der Waals surface area contributed by atoms with Crippen molar-refractivity contribution in [2.75, 3.05) is 32.1 Å². The molecule has 3 heterocycles. The number of likely N-dealkylation sites (N-methyl/N-ethyl adjacent to an activating group) is 1. The first-order chi connectivity index (χ1) is 21.7. The van der Waals surface area contributed by atoms with E-state index in [2.05, 4.69) is 27.7 Å². The fourth-order valence-corrected chi connectivity index (χ4v) is 6.38. The molecule has 3 aromatic carbocycles. The first kappa shape index (κ1) is 30.7. The molecule has 0 bridgehead atoms. The van der Waals surface area contributed by atoms with Crippen molar-refractivity contribution in [1.29, 1.82) is 0 Å². The van der Waals surface area contributed by atoms with Crippen molar-refractivity contribution in [3.8, 4) is 5.75 Å². The number of halogens is 2. The average Bonchev–Trinajstić information content (AvgIpc) is 3.47. The van der Waals surface area contributed by atoms with Gasteiger partial charge in [-0.05, 0) is 61.2 Å². The largest absolute Gasteiger partial charge is 0.490 e. The van der Waals surface area contributed by atoms with E-state index in [1.165, 1.54) is 17.7 Å². The van der Waals surface area contributed by atoms with Gasteiger partial charge in [0.25, 0.3) is 11.8 Å². The van der Waals surface area contributed by atoms with E-state index >= 15 is 0 Å². The van der Waals surface area contributed by atoms with Crippen LogP contribution in [0.25, 0.3) is 0 Å². The molecule has 0 unspecified atom stereocenters. The van der Waals surface area contributed by atoms with Gasteiger partial charge in [0.15, 0.2) is 11.6 Å². The lowest BCUT2D eigenvalue weighted by Crippen LogP contribution is -2.54.